The zero-order valence-electron chi connectivity index (χ0n) is 17.5. The SMILES string of the molecule is CN(C)c1ccc(C=CC2OC3Cc4cccc(S(C)(=O)=O)c4N3C2(C)C)nc1. The van der Waals surface area contributed by atoms with E-state index in [0.29, 0.717) is 11.3 Å². The highest BCUT2D eigenvalue weighted by atomic mass is 32.2. The van der Waals surface area contributed by atoms with Crippen molar-refractivity contribution in [3.05, 3.63) is 53.9 Å². The molecule has 1 aromatic heterocycles. The van der Waals surface area contributed by atoms with Gasteiger partial charge in [0.05, 0.1) is 33.7 Å². The average Bonchev–Trinajstić information content (AvgIpc) is 3.13. The van der Waals surface area contributed by atoms with Crippen LogP contribution in [0.25, 0.3) is 6.08 Å². The second-order valence-corrected chi connectivity index (χ2v) is 10.5. The van der Waals surface area contributed by atoms with Crippen LogP contribution in [-0.2, 0) is 21.0 Å². The molecule has 0 bridgehead atoms. The molecule has 1 aromatic carbocycles. The van der Waals surface area contributed by atoms with Crippen LogP contribution in [0.2, 0.25) is 0 Å². The number of sulfone groups is 1. The van der Waals surface area contributed by atoms with Gasteiger partial charge in [-0.15, -0.1) is 0 Å². The zero-order chi connectivity index (χ0) is 21.0. The molecule has 2 atom stereocenters. The zero-order valence-corrected chi connectivity index (χ0v) is 18.3. The third-order valence-electron chi connectivity index (χ3n) is 5.76. The maximum absolute atomic E-state index is 12.4. The highest BCUT2D eigenvalue weighted by Gasteiger charge is 2.52. The van der Waals surface area contributed by atoms with Gasteiger partial charge in [-0.25, -0.2) is 8.42 Å². The Bertz CT molecular complexity index is 1060. The molecule has 2 aliphatic heterocycles. The van der Waals surface area contributed by atoms with E-state index in [1.165, 1.54) is 6.26 Å². The highest BCUT2D eigenvalue weighted by molar-refractivity contribution is 7.90. The van der Waals surface area contributed by atoms with Gasteiger partial charge < -0.3 is 14.5 Å². The summed E-state index contributed by atoms with van der Waals surface area (Å²) in [6.45, 7) is 4.19. The highest BCUT2D eigenvalue weighted by Crippen LogP contribution is 2.48. The van der Waals surface area contributed by atoms with Crippen molar-refractivity contribution in [2.75, 3.05) is 30.2 Å². The smallest absolute Gasteiger partial charge is 0.177 e. The number of rotatable bonds is 4. The Morgan fingerprint density at radius 1 is 1.24 bits per heavy atom. The number of fused-ring (bicyclic) bond motifs is 3. The second kappa shape index (κ2) is 6.85. The van der Waals surface area contributed by atoms with Gasteiger partial charge in [0.25, 0.3) is 0 Å². The predicted molar refractivity (Wildman–Crippen MR) is 116 cm³/mol. The second-order valence-electron chi connectivity index (χ2n) is 8.47. The van der Waals surface area contributed by atoms with Crippen molar-refractivity contribution >= 4 is 27.3 Å². The van der Waals surface area contributed by atoms with Gasteiger partial charge in [0.2, 0.25) is 0 Å². The van der Waals surface area contributed by atoms with Crippen LogP contribution < -0.4 is 9.80 Å². The number of hydrogen-bond donors (Lipinski definition) is 0. The number of anilines is 2. The Balaban J connectivity index is 1.64. The van der Waals surface area contributed by atoms with E-state index in [4.69, 9.17) is 4.74 Å². The molecule has 0 saturated carbocycles. The predicted octanol–water partition coefficient (Wildman–Crippen LogP) is 3.13. The topological polar surface area (TPSA) is 62.7 Å². The first-order chi connectivity index (χ1) is 13.6. The third-order valence-corrected chi connectivity index (χ3v) is 6.88. The number of hydrogen-bond acceptors (Lipinski definition) is 6. The lowest BCUT2D eigenvalue weighted by molar-refractivity contribution is 0.0652. The summed E-state index contributed by atoms with van der Waals surface area (Å²) in [5.74, 6) is 0. The molecule has 1 saturated heterocycles. The van der Waals surface area contributed by atoms with E-state index < -0.39 is 15.4 Å². The maximum atomic E-state index is 12.4. The molecular weight excluding hydrogens is 386 g/mol. The lowest BCUT2D eigenvalue weighted by Crippen LogP contribution is -2.46. The van der Waals surface area contributed by atoms with Crippen molar-refractivity contribution in [3.63, 3.8) is 0 Å². The molecule has 0 amide bonds. The van der Waals surface area contributed by atoms with Crippen molar-refractivity contribution in [2.24, 2.45) is 0 Å². The van der Waals surface area contributed by atoms with Gasteiger partial charge in [0, 0.05) is 26.8 Å². The fourth-order valence-corrected chi connectivity index (χ4v) is 5.10. The van der Waals surface area contributed by atoms with Gasteiger partial charge in [0.15, 0.2) is 9.84 Å². The van der Waals surface area contributed by atoms with Crippen LogP contribution in [0.4, 0.5) is 11.4 Å². The molecule has 2 aromatic rings. The Morgan fingerprint density at radius 2 is 2.00 bits per heavy atom. The van der Waals surface area contributed by atoms with Crippen LogP contribution in [0.1, 0.15) is 25.1 Å². The summed E-state index contributed by atoms with van der Waals surface area (Å²) in [5, 5.41) is 0. The van der Waals surface area contributed by atoms with E-state index in [-0.39, 0.29) is 12.3 Å². The minimum atomic E-state index is -3.33. The Labute approximate surface area is 172 Å². The molecule has 3 heterocycles. The molecule has 7 heteroatoms. The van der Waals surface area contributed by atoms with Gasteiger partial charge in [-0.05, 0) is 43.7 Å². The van der Waals surface area contributed by atoms with Crippen LogP contribution in [0.5, 0.6) is 0 Å². The molecule has 4 rings (SSSR count). The van der Waals surface area contributed by atoms with Gasteiger partial charge in [0.1, 0.15) is 12.3 Å². The monoisotopic (exact) mass is 413 g/mol. The molecule has 0 radical (unpaired) electrons. The first kappa shape index (κ1) is 19.9. The molecule has 1 fully saturated rings. The molecular formula is C22H27N3O3S. The van der Waals surface area contributed by atoms with Crippen molar-refractivity contribution in [3.8, 4) is 0 Å². The summed E-state index contributed by atoms with van der Waals surface area (Å²) in [6, 6.07) is 9.49. The first-order valence-corrected chi connectivity index (χ1v) is 11.6. The third kappa shape index (κ3) is 3.42. The molecule has 0 spiro atoms. The molecule has 6 nitrogen and oxygen atoms in total. The van der Waals surface area contributed by atoms with Gasteiger partial charge >= 0.3 is 0 Å². The summed E-state index contributed by atoms with van der Waals surface area (Å²) in [6.07, 6.45) is 7.44. The summed E-state index contributed by atoms with van der Waals surface area (Å²) in [7, 11) is 0.637. The minimum absolute atomic E-state index is 0.165. The van der Waals surface area contributed by atoms with E-state index >= 15 is 0 Å². The molecule has 2 aliphatic rings. The largest absolute Gasteiger partial charge is 0.376 e. The Hall–Kier alpha value is -2.38. The average molecular weight is 414 g/mol. The molecule has 29 heavy (non-hydrogen) atoms. The van der Waals surface area contributed by atoms with Crippen molar-refractivity contribution < 1.29 is 13.2 Å². The standard InChI is InChI=1S/C22H27N3O3S/c1-22(2)19(12-10-16-9-11-17(14-23-16)24(3)4)28-20-13-15-7-6-8-18(29(5,26)27)21(15)25(20)22/h6-12,14,19-20H,13H2,1-5H3. The van der Waals surface area contributed by atoms with E-state index in [1.54, 1.807) is 6.07 Å². The van der Waals surface area contributed by atoms with Gasteiger partial charge in [-0.1, -0.05) is 18.2 Å². The summed E-state index contributed by atoms with van der Waals surface area (Å²) < 4.78 is 31.1. The molecule has 0 N–H and O–H groups in total. The Kier molecular flexibility index (Phi) is 4.70. The summed E-state index contributed by atoms with van der Waals surface area (Å²) in [5.41, 5.74) is 3.32. The van der Waals surface area contributed by atoms with Crippen molar-refractivity contribution in [2.45, 2.75) is 43.0 Å². The number of pyridine rings is 1. The van der Waals surface area contributed by atoms with Gasteiger partial charge in [-0.3, -0.25) is 4.98 Å². The number of nitrogens with zero attached hydrogens (tertiary/aromatic N) is 3. The fourth-order valence-electron chi connectivity index (χ4n) is 4.20. The molecule has 2 unspecified atom stereocenters. The van der Waals surface area contributed by atoms with E-state index in [2.05, 4.69) is 23.7 Å². The lowest BCUT2D eigenvalue weighted by atomic mass is 9.95. The van der Waals surface area contributed by atoms with Crippen LogP contribution in [0.3, 0.4) is 0 Å². The van der Waals surface area contributed by atoms with Crippen LogP contribution in [0, 0.1) is 0 Å². The summed E-state index contributed by atoms with van der Waals surface area (Å²) >= 11 is 0. The maximum Gasteiger partial charge on any atom is 0.177 e. The van der Waals surface area contributed by atoms with E-state index in [9.17, 15) is 8.42 Å². The molecule has 154 valence electrons. The van der Waals surface area contributed by atoms with Crippen LogP contribution >= 0.6 is 0 Å². The number of para-hydroxylation sites is 1. The van der Waals surface area contributed by atoms with Crippen molar-refractivity contribution in [1.29, 1.82) is 0 Å². The molecule has 0 aliphatic carbocycles. The quantitative estimate of drug-likeness (QED) is 0.767. The van der Waals surface area contributed by atoms with E-state index in [1.807, 2.05) is 61.6 Å². The number of ether oxygens (including phenoxy) is 1. The van der Waals surface area contributed by atoms with Crippen LogP contribution in [-0.4, -0.2) is 51.6 Å². The van der Waals surface area contributed by atoms with Crippen LogP contribution in [0.15, 0.2) is 47.5 Å². The van der Waals surface area contributed by atoms with Crippen molar-refractivity contribution in [1.82, 2.24) is 4.98 Å². The lowest BCUT2D eigenvalue weighted by Gasteiger charge is -2.35. The minimum Gasteiger partial charge on any atom is -0.376 e. The number of aromatic nitrogens is 1. The van der Waals surface area contributed by atoms with E-state index in [0.717, 1.165) is 22.6 Å². The number of benzene rings is 1. The normalized spacial score (nSPS) is 22.7. The fraction of sp³-hybridized carbons (Fsp3) is 0.409. The first-order valence-electron chi connectivity index (χ1n) is 9.67. The van der Waals surface area contributed by atoms with Gasteiger partial charge in [-0.2, -0.15) is 0 Å². The summed E-state index contributed by atoms with van der Waals surface area (Å²) in [4.78, 5) is 9.01. The Morgan fingerprint density at radius 3 is 2.62 bits per heavy atom.